The zero-order valence-corrected chi connectivity index (χ0v) is 14.5. The van der Waals surface area contributed by atoms with E-state index in [1.54, 1.807) is 4.68 Å². The summed E-state index contributed by atoms with van der Waals surface area (Å²) in [5, 5.41) is 12.6. The van der Waals surface area contributed by atoms with Crippen LogP contribution < -0.4 is 5.32 Å². The fraction of sp³-hybridized carbons (Fsp3) is 0.375. The number of hydrogen-bond acceptors (Lipinski definition) is 6. The summed E-state index contributed by atoms with van der Waals surface area (Å²) >= 11 is 1.38. The van der Waals surface area contributed by atoms with Crippen molar-refractivity contribution in [1.82, 2.24) is 24.4 Å². The van der Waals surface area contributed by atoms with Gasteiger partial charge in [-0.15, -0.1) is 5.10 Å². The molecule has 2 aromatic heterocycles. The molecule has 0 saturated heterocycles. The van der Waals surface area contributed by atoms with E-state index in [4.69, 9.17) is 0 Å². The van der Waals surface area contributed by atoms with Gasteiger partial charge in [-0.05, 0) is 19.1 Å². The first-order valence-electron chi connectivity index (χ1n) is 7.52. The quantitative estimate of drug-likeness (QED) is 0.792. The van der Waals surface area contributed by atoms with Gasteiger partial charge in [0, 0.05) is 16.9 Å². The number of nitrogens with one attached hydrogen (secondary N) is 1. The van der Waals surface area contributed by atoms with Gasteiger partial charge in [0.2, 0.25) is 5.13 Å². The van der Waals surface area contributed by atoms with Crippen LogP contribution in [0.25, 0.3) is 5.69 Å². The van der Waals surface area contributed by atoms with Crippen molar-refractivity contribution in [1.29, 1.82) is 0 Å². The third-order valence-electron chi connectivity index (χ3n) is 3.41. The molecule has 1 N–H and O–H groups in total. The van der Waals surface area contributed by atoms with Gasteiger partial charge in [0.05, 0.1) is 17.9 Å². The number of hydrogen-bond donors (Lipinski definition) is 1. The minimum Gasteiger partial charge on any atom is -0.352 e. The average molecular weight is 328 g/mol. The van der Waals surface area contributed by atoms with Crippen LogP contribution in [0.4, 0.5) is 5.13 Å². The van der Waals surface area contributed by atoms with Crippen LogP contribution in [-0.4, -0.2) is 24.4 Å². The van der Waals surface area contributed by atoms with Crippen molar-refractivity contribution < 1.29 is 0 Å². The molecule has 0 fully saturated rings. The lowest BCUT2D eigenvalue weighted by Gasteiger charge is -2.12. The molecule has 3 rings (SSSR count). The summed E-state index contributed by atoms with van der Waals surface area (Å²) in [6.07, 6.45) is 1.93. The van der Waals surface area contributed by atoms with Gasteiger partial charge in [-0.25, -0.2) is 9.67 Å². The summed E-state index contributed by atoms with van der Waals surface area (Å²) < 4.78 is 6.19. The van der Waals surface area contributed by atoms with Crippen molar-refractivity contribution in [2.75, 3.05) is 5.32 Å². The van der Waals surface area contributed by atoms with E-state index >= 15 is 0 Å². The summed E-state index contributed by atoms with van der Waals surface area (Å²) in [7, 11) is 0. The van der Waals surface area contributed by atoms with E-state index in [0.717, 1.165) is 22.3 Å². The van der Waals surface area contributed by atoms with Crippen LogP contribution in [0, 0.1) is 0 Å². The smallest absolute Gasteiger partial charge is 0.203 e. The summed E-state index contributed by atoms with van der Waals surface area (Å²) in [5.41, 5.74) is 1.81. The van der Waals surface area contributed by atoms with E-state index in [0.29, 0.717) is 0 Å². The zero-order chi connectivity index (χ0) is 16.4. The highest BCUT2D eigenvalue weighted by Crippen LogP contribution is 2.25. The van der Waals surface area contributed by atoms with Crippen LogP contribution in [0.15, 0.2) is 36.5 Å². The Labute approximate surface area is 139 Å². The lowest BCUT2D eigenvalue weighted by atomic mass is 9.96. The Morgan fingerprint density at radius 2 is 1.91 bits per heavy atom. The molecule has 7 heteroatoms. The van der Waals surface area contributed by atoms with Gasteiger partial charge < -0.3 is 5.32 Å². The maximum atomic E-state index is 4.55. The Bertz CT molecular complexity index is 771. The average Bonchev–Trinajstić information content (AvgIpc) is 3.16. The van der Waals surface area contributed by atoms with E-state index in [-0.39, 0.29) is 11.5 Å². The van der Waals surface area contributed by atoms with Crippen molar-refractivity contribution in [3.63, 3.8) is 0 Å². The van der Waals surface area contributed by atoms with Gasteiger partial charge in [0.1, 0.15) is 11.5 Å². The highest BCUT2D eigenvalue weighted by atomic mass is 32.1. The van der Waals surface area contributed by atoms with Gasteiger partial charge in [0.15, 0.2) is 0 Å². The lowest BCUT2D eigenvalue weighted by Crippen LogP contribution is -2.13. The molecule has 23 heavy (non-hydrogen) atoms. The van der Waals surface area contributed by atoms with Crippen molar-refractivity contribution in [3.8, 4) is 5.69 Å². The molecule has 0 saturated carbocycles. The van der Waals surface area contributed by atoms with Gasteiger partial charge in [-0.3, -0.25) is 0 Å². The minimum absolute atomic E-state index is 0.00762. The molecule has 0 amide bonds. The summed E-state index contributed by atoms with van der Waals surface area (Å²) in [6, 6.07) is 9.94. The Balaban J connectivity index is 1.73. The SMILES string of the molecule is CC(Nc1nc(C(C)(C)C)ns1)c1cn(-c2ccccc2)nn1. The molecular formula is C16H20N6S. The molecule has 120 valence electrons. The van der Waals surface area contributed by atoms with Crippen molar-refractivity contribution >= 4 is 16.7 Å². The van der Waals surface area contributed by atoms with E-state index in [9.17, 15) is 0 Å². The predicted octanol–water partition coefficient (Wildman–Crippen LogP) is 3.59. The number of rotatable bonds is 4. The fourth-order valence-electron chi connectivity index (χ4n) is 2.03. The highest BCUT2D eigenvalue weighted by Gasteiger charge is 2.20. The molecule has 1 aromatic carbocycles. The molecule has 0 aliphatic rings. The molecule has 3 aromatic rings. The predicted molar refractivity (Wildman–Crippen MR) is 92.0 cm³/mol. The Morgan fingerprint density at radius 3 is 2.57 bits per heavy atom. The van der Waals surface area contributed by atoms with Crippen LogP contribution in [0.5, 0.6) is 0 Å². The summed E-state index contributed by atoms with van der Waals surface area (Å²) in [6.45, 7) is 8.35. The number of benzene rings is 1. The van der Waals surface area contributed by atoms with Crippen molar-refractivity contribution in [3.05, 3.63) is 48.0 Å². The molecule has 0 radical (unpaired) electrons. The minimum atomic E-state index is -0.0455. The van der Waals surface area contributed by atoms with E-state index in [1.807, 2.05) is 43.5 Å². The lowest BCUT2D eigenvalue weighted by molar-refractivity contribution is 0.555. The van der Waals surface area contributed by atoms with Gasteiger partial charge in [0.25, 0.3) is 0 Å². The molecule has 2 heterocycles. The first-order chi connectivity index (χ1) is 10.9. The van der Waals surface area contributed by atoms with E-state index in [1.165, 1.54) is 11.5 Å². The molecular weight excluding hydrogens is 308 g/mol. The molecule has 0 aliphatic carbocycles. The maximum absolute atomic E-state index is 4.55. The van der Waals surface area contributed by atoms with Gasteiger partial charge in [-0.2, -0.15) is 4.37 Å². The number of nitrogens with zero attached hydrogens (tertiary/aromatic N) is 5. The van der Waals surface area contributed by atoms with Crippen LogP contribution in [0.1, 0.15) is 45.3 Å². The Hall–Kier alpha value is -2.28. The van der Waals surface area contributed by atoms with E-state index in [2.05, 4.69) is 45.8 Å². The normalized spacial score (nSPS) is 13.0. The number of aromatic nitrogens is 5. The van der Waals surface area contributed by atoms with Crippen LogP contribution >= 0.6 is 11.5 Å². The van der Waals surface area contributed by atoms with Gasteiger partial charge >= 0.3 is 0 Å². The second-order valence-electron chi connectivity index (χ2n) is 6.46. The third-order valence-corrected chi connectivity index (χ3v) is 4.06. The third kappa shape index (κ3) is 3.56. The van der Waals surface area contributed by atoms with Crippen molar-refractivity contribution in [2.24, 2.45) is 0 Å². The first-order valence-corrected chi connectivity index (χ1v) is 8.29. The highest BCUT2D eigenvalue weighted by molar-refractivity contribution is 7.09. The standard InChI is InChI=1S/C16H20N6S/c1-11(17-15-18-14(20-23-15)16(2,3)4)13-10-22(21-19-13)12-8-6-5-7-9-12/h5-11H,1-4H3,(H,17,18,20). The molecule has 1 atom stereocenters. The molecule has 0 aliphatic heterocycles. The fourth-order valence-corrected chi connectivity index (χ4v) is 2.87. The van der Waals surface area contributed by atoms with Crippen molar-refractivity contribution in [2.45, 2.75) is 39.2 Å². The Morgan fingerprint density at radius 1 is 1.17 bits per heavy atom. The molecule has 0 spiro atoms. The molecule has 1 unspecified atom stereocenters. The molecule has 0 bridgehead atoms. The van der Waals surface area contributed by atoms with E-state index < -0.39 is 0 Å². The van der Waals surface area contributed by atoms with Gasteiger partial charge in [-0.1, -0.05) is 44.2 Å². The van der Waals surface area contributed by atoms with Crippen LogP contribution in [0.3, 0.4) is 0 Å². The topological polar surface area (TPSA) is 68.5 Å². The molecule has 6 nitrogen and oxygen atoms in total. The van der Waals surface area contributed by atoms with Crippen LogP contribution in [0.2, 0.25) is 0 Å². The number of anilines is 1. The monoisotopic (exact) mass is 328 g/mol. The second-order valence-corrected chi connectivity index (χ2v) is 7.21. The summed E-state index contributed by atoms with van der Waals surface area (Å²) in [5.74, 6) is 0.852. The second kappa shape index (κ2) is 6.08. The zero-order valence-electron chi connectivity index (χ0n) is 13.7. The number of para-hydroxylation sites is 1. The first kappa shape index (κ1) is 15.6. The summed E-state index contributed by atoms with van der Waals surface area (Å²) in [4.78, 5) is 4.55. The Kier molecular flexibility index (Phi) is 4.12. The van der Waals surface area contributed by atoms with Crippen LogP contribution in [-0.2, 0) is 5.41 Å². The maximum Gasteiger partial charge on any atom is 0.203 e. The largest absolute Gasteiger partial charge is 0.352 e.